The van der Waals surface area contributed by atoms with Gasteiger partial charge in [0.05, 0.1) is 16.6 Å². The van der Waals surface area contributed by atoms with E-state index >= 15 is 0 Å². The molecule has 1 aromatic carbocycles. The first-order valence-electron chi connectivity index (χ1n) is 11.7. The summed E-state index contributed by atoms with van der Waals surface area (Å²) in [4.78, 5) is 31.3. The second kappa shape index (κ2) is 8.47. The monoisotopic (exact) mass is 463 g/mol. The van der Waals surface area contributed by atoms with E-state index in [1.807, 2.05) is 29.4 Å². The summed E-state index contributed by atoms with van der Waals surface area (Å²) in [5.74, 6) is 1.86. The number of imidazole rings is 1. The Hall–Kier alpha value is -2.90. The number of ether oxygens (including phenoxy) is 1. The van der Waals surface area contributed by atoms with E-state index in [1.165, 1.54) is 5.56 Å². The van der Waals surface area contributed by atoms with Crippen LogP contribution < -0.4 is 0 Å². The van der Waals surface area contributed by atoms with Crippen LogP contribution in [0.1, 0.15) is 59.3 Å². The van der Waals surface area contributed by atoms with Gasteiger partial charge in [-0.15, -0.1) is 0 Å². The zero-order chi connectivity index (χ0) is 22.4. The van der Waals surface area contributed by atoms with Gasteiger partial charge in [-0.1, -0.05) is 11.6 Å². The standard InChI is InChI=1S/C25H26ClN5O2/c26-20-2-1-19(21-18(20)4-9-27-21)25(32)31-11-5-15(6-12-31)17-3-10-28-24-22(17)29-23(30-24)16-7-13-33-14-8-16/h1-4,9-10,15-16,27H,5-8,11-14H2,(H,28,29,30). The van der Waals surface area contributed by atoms with Crippen molar-refractivity contribution in [2.75, 3.05) is 26.3 Å². The third kappa shape index (κ3) is 3.69. The summed E-state index contributed by atoms with van der Waals surface area (Å²) in [6, 6.07) is 7.65. The molecule has 2 aliphatic rings. The van der Waals surface area contributed by atoms with Crippen LogP contribution in [0.4, 0.5) is 0 Å². The molecule has 0 saturated carbocycles. The molecule has 7 nitrogen and oxygen atoms in total. The smallest absolute Gasteiger partial charge is 0.255 e. The number of aromatic amines is 2. The van der Waals surface area contributed by atoms with Crippen molar-refractivity contribution in [1.82, 2.24) is 24.8 Å². The van der Waals surface area contributed by atoms with Crippen molar-refractivity contribution in [3.05, 3.63) is 58.6 Å². The SMILES string of the molecule is O=C(c1ccc(Cl)c2cc[nH]c12)N1CCC(c2ccnc3nc(C4CCOCC4)[nH]c23)CC1. The molecule has 0 spiro atoms. The quantitative estimate of drug-likeness (QED) is 0.447. The maximum atomic E-state index is 13.3. The topological polar surface area (TPSA) is 86.9 Å². The first-order chi connectivity index (χ1) is 16.2. The molecule has 2 saturated heterocycles. The van der Waals surface area contributed by atoms with E-state index in [9.17, 15) is 4.79 Å². The van der Waals surface area contributed by atoms with Gasteiger partial charge in [-0.25, -0.2) is 9.97 Å². The van der Waals surface area contributed by atoms with Crippen molar-refractivity contribution in [3.63, 3.8) is 0 Å². The third-order valence-corrected chi connectivity index (χ3v) is 7.50. The van der Waals surface area contributed by atoms with E-state index in [0.717, 1.165) is 79.9 Å². The molecule has 2 N–H and O–H groups in total. The third-order valence-electron chi connectivity index (χ3n) is 7.17. The highest BCUT2D eigenvalue weighted by molar-refractivity contribution is 6.36. The Morgan fingerprint density at radius 1 is 1.03 bits per heavy atom. The van der Waals surface area contributed by atoms with E-state index in [2.05, 4.69) is 21.0 Å². The maximum absolute atomic E-state index is 13.3. The van der Waals surface area contributed by atoms with Gasteiger partial charge in [0, 0.05) is 55.0 Å². The lowest BCUT2D eigenvalue weighted by Crippen LogP contribution is -2.38. The van der Waals surface area contributed by atoms with Crippen molar-refractivity contribution in [3.8, 4) is 0 Å². The molecule has 170 valence electrons. The van der Waals surface area contributed by atoms with Crippen LogP contribution in [0.3, 0.4) is 0 Å². The van der Waals surface area contributed by atoms with Crippen LogP contribution >= 0.6 is 11.6 Å². The minimum absolute atomic E-state index is 0.0563. The molecule has 2 aliphatic heterocycles. The second-order valence-electron chi connectivity index (χ2n) is 9.04. The number of piperidine rings is 1. The van der Waals surface area contributed by atoms with Crippen molar-refractivity contribution in [1.29, 1.82) is 0 Å². The number of halogens is 1. The average molecular weight is 464 g/mol. The number of fused-ring (bicyclic) bond motifs is 2. The number of carbonyl (C=O) groups excluding carboxylic acids is 1. The average Bonchev–Trinajstić information content (AvgIpc) is 3.53. The van der Waals surface area contributed by atoms with E-state index in [-0.39, 0.29) is 5.91 Å². The fraction of sp³-hybridized carbons (Fsp3) is 0.400. The van der Waals surface area contributed by atoms with Crippen molar-refractivity contribution in [2.24, 2.45) is 0 Å². The minimum Gasteiger partial charge on any atom is -0.381 e. The molecular formula is C25H26ClN5O2. The highest BCUT2D eigenvalue weighted by atomic mass is 35.5. The zero-order valence-electron chi connectivity index (χ0n) is 18.3. The zero-order valence-corrected chi connectivity index (χ0v) is 19.1. The number of benzene rings is 1. The molecule has 0 atom stereocenters. The first-order valence-corrected chi connectivity index (χ1v) is 12.0. The number of amides is 1. The van der Waals surface area contributed by atoms with Gasteiger partial charge in [0.15, 0.2) is 5.65 Å². The molecule has 2 fully saturated rings. The molecule has 33 heavy (non-hydrogen) atoms. The van der Waals surface area contributed by atoms with Crippen LogP contribution in [0.5, 0.6) is 0 Å². The summed E-state index contributed by atoms with van der Waals surface area (Å²) >= 11 is 6.28. The van der Waals surface area contributed by atoms with Gasteiger partial charge in [-0.3, -0.25) is 4.79 Å². The highest BCUT2D eigenvalue weighted by Crippen LogP contribution is 2.34. The largest absolute Gasteiger partial charge is 0.381 e. The molecule has 1 amide bonds. The van der Waals surface area contributed by atoms with Gasteiger partial charge < -0.3 is 19.6 Å². The minimum atomic E-state index is 0.0563. The van der Waals surface area contributed by atoms with Crippen LogP contribution in [-0.2, 0) is 4.74 Å². The van der Waals surface area contributed by atoms with E-state index in [0.29, 0.717) is 22.4 Å². The number of hydrogen-bond donors (Lipinski definition) is 2. The summed E-state index contributed by atoms with van der Waals surface area (Å²) in [6.07, 6.45) is 7.51. The first kappa shape index (κ1) is 20.7. The molecule has 0 aliphatic carbocycles. The molecule has 0 radical (unpaired) electrons. The van der Waals surface area contributed by atoms with Gasteiger partial charge in [-0.2, -0.15) is 0 Å². The molecule has 0 bridgehead atoms. The van der Waals surface area contributed by atoms with E-state index in [1.54, 1.807) is 6.07 Å². The number of H-pyrrole nitrogens is 2. The lowest BCUT2D eigenvalue weighted by atomic mass is 9.89. The molecule has 8 heteroatoms. The lowest BCUT2D eigenvalue weighted by Gasteiger charge is -2.32. The molecule has 5 heterocycles. The number of carbonyl (C=O) groups is 1. The summed E-state index contributed by atoms with van der Waals surface area (Å²) in [6.45, 7) is 3.02. The molecule has 4 aromatic rings. The highest BCUT2D eigenvalue weighted by Gasteiger charge is 2.28. The maximum Gasteiger partial charge on any atom is 0.255 e. The van der Waals surface area contributed by atoms with Gasteiger partial charge in [0.1, 0.15) is 5.82 Å². The Morgan fingerprint density at radius 3 is 2.67 bits per heavy atom. The van der Waals surface area contributed by atoms with Gasteiger partial charge in [0.2, 0.25) is 0 Å². The van der Waals surface area contributed by atoms with Gasteiger partial charge >= 0.3 is 0 Å². The lowest BCUT2D eigenvalue weighted by molar-refractivity contribution is 0.0715. The predicted molar refractivity (Wildman–Crippen MR) is 128 cm³/mol. The van der Waals surface area contributed by atoms with Gasteiger partial charge in [-0.05, 0) is 61.4 Å². The second-order valence-corrected chi connectivity index (χ2v) is 9.44. The normalized spacial score (nSPS) is 18.4. The molecule has 0 unspecified atom stereocenters. The van der Waals surface area contributed by atoms with Crippen molar-refractivity contribution < 1.29 is 9.53 Å². The predicted octanol–water partition coefficient (Wildman–Crippen LogP) is 5.01. The summed E-state index contributed by atoms with van der Waals surface area (Å²) in [5.41, 5.74) is 4.59. The summed E-state index contributed by atoms with van der Waals surface area (Å²) in [7, 11) is 0. The number of nitrogens with one attached hydrogen (secondary N) is 2. The van der Waals surface area contributed by atoms with Crippen molar-refractivity contribution in [2.45, 2.75) is 37.5 Å². The van der Waals surface area contributed by atoms with E-state index in [4.69, 9.17) is 21.3 Å². The van der Waals surface area contributed by atoms with Crippen molar-refractivity contribution >= 4 is 39.6 Å². The summed E-state index contributed by atoms with van der Waals surface area (Å²) in [5, 5.41) is 1.54. The Labute approximate surface area is 196 Å². The number of nitrogens with zero attached hydrogens (tertiary/aromatic N) is 3. The number of likely N-dealkylation sites (tertiary alicyclic amines) is 1. The molecule has 3 aromatic heterocycles. The van der Waals surface area contributed by atoms with Crippen LogP contribution in [0, 0.1) is 0 Å². The number of aromatic nitrogens is 4. The van der Waals surface area contributed by atoms with Crippen LogP contribution in [0.15, 0.2) is 36.7 Å². The Bertz CT molecular complexity index is 1320. The Kier molecular flexibility index (Phi) is 5.31. The molecular weight excluding hydrogens is 438 g/mol. The van der Waals surface area contributed by atoms with Gasteiger partial charge in [0.25, 0.3) is 5.91 Å². The fourth-order valence-corrected chi connectivity index (χ4v) is 5.54. The Balaban J connectivity index is 1.21. The number of pyridine rings is 1. The molecule has 6 rings (SSSR count). The number of rotatable bonds is 3. The fourth-order valence-electron chi connectivity index (χ4n) is 5.32. The van der Waals surface area contributed by atoms with Crippen LogP contribution in [-0.4, -0.2) is 57.0 Å². The summed E-state index contributed by atoms with van der Waals surface area (Å²) < 4.78 is 5.50. The number of hydrogen-bond acceptors (Lipinski definition) is 4. The van der Waals surface area contributed by atoms with Crippen LogP contribution in [0.25, 0.3) is 22.1 Å². The van der Waals surface area contributed by atoms with E-state index < -0.39 is 0 Å². The Morgan fingerprint density at radius 2 is 1.85 bits per heavy atom. The van der Waals surface area contributed by atoms with Crippen LogP contribution in [0.2, 0.25) is 5.02 Å².